The zero-order valence-electron chi connectivity index (χ0n) is 17.1. The minimum absolute atomic E-state index is 0.0352. The second kappa shape index (κ2) is 10.8. The Bertz CT molecular complexity index is 949. The molecule has 2 aromatic rings. The molecule has 0 aliphatic rings. The summed E-state index contributed by atoms with van der Waals surface area (Å²) in [5.41, 5.74) is 1.76. The van der Waals surface area contributed by atoms with Crippen molar-refractivity contribution in [1.29, 1.82) is 0 Å². The highest BCUT2D eigenvalue weighted by molar-refractivity contribution is 7.99. The zero-order chi connectivity index (χ0) is 22.3. The van der Waals surface area contributed by atoms with E-state index >= 15 is 0 Å². The molecule has 0 heterocycles. The van der Waals surface area contributed by atoms with Crippen LogP contribution in [0.2, 0.25) is 0 Å². The van der Waals surface area contributed by atoms with Gasteiger partial charge in [0, 0.05) is 22.3 Å². The summed E-state index contributed by atoms with van der Waals surface area (Å²) in [6.45, 7) is 8.19. The van der Waals surface area contributed by atoms with Gasteiger partial charge in [0.1, 0.15) is 12.4 Å². The van der Waals surface area contributed by atoms with E-state index in [0.29, 0.717) is 11.1 Å². The lowest BCUT2D eigenvalue weighted by atomic mass is 9.95. The van der Waals surface area contributed by atoms with E-state index < -0.39 is 17.9 Å². The number of aliphatic hydroxyl groups is 1. The first-order valence-corrected chi connectivity index (χ1v) is 10.1. The molecule has 0 aliphatic heterocycles. The number of carbonyl (C=O) groups excluding carboxylic acids is 3. The largest absolute Gasteiger partial charge is 0.460 e. The van der Waals surface area contributed by atoms with Crippen LogP contribution in [0.15, 0.2) is 64.6 Å². The summed E-state index contributed by atoms with van der Waals surface area (Å²) in [7, 11) is 0. The van der Waals surface area contributed by atoms with Gasteiger partial charge in [0.2, 0.25) is 0 Å². The molecule has 0 fully saturated rings. The number of ether oxygens (including phenoxy) is 2. The number of esters is 2. The molecule has 2 rings (SSSR count). The first kappa shape index (κ1) is 23.4. The van der Waals surface area contributed by atoms with Crippen molar-refractivity contribution in [2.24, 2.45) is 5.92 Å². The Morgan fingerprint density at radius 2 is 1.73 bits per heavy atom. The molecule has 0 aromatic heterocycles. The smallest absolute Gasteiger partial charge is 0.338 e. The number of aryl methyl sites for hydroxylation is 1. The van der Waals surface area contributed by atoms with Crippen LogP contribution >= 0.6 is 11.8 Å². The van der Waals surface area contributed by atoms with Gasteiger partial charge >= 0.3 is 11.9 Å². The van der Waals surface area contributed by atoms with Gasteiger partial charge in [-0.3, -0.25) is 9.59 Å². The van der Waals surface area contributed by atoms with Crippen molar-refractivity contribution in [3.63, 3.8) is 0 Å². The molecular weight excluding hydrogens is 404 g/mol. The Morgan fingerprint density at radius 1 is 1.10 bits per heavy atom. The Labute approximate surface area is 179 Å². The van der Waals surface area contributed by atoms with E-state index in [4.69, 9.17) is 14.6 Å². The van der Waals surface area contributed by atoms with Crippen LogP contribution in [0.1, 0.15) is 40.1 Å². The van der Waals surface area contributed by atoms with E-state index in [-0.39, 0.29) is 24.8 Å². The predicted molar refractivity (Wildman–Crippen MR) is 114 cm³/mol. The molecule has 0 bridgehead atoms. The van der Waals surface area contributed by atoms with Crippen LogP contribution in [0.3, 0.4) is 0 Å². The van der Waals surface area contributed by atoms with Crippen LogP contribution in [0.4, 0.5) is 0 Å². The van der Waals surface area contributed by atoms with E-state index in [9.17, 15) is 14.4 Å². The Kier molecular flexibility index (Phi) is 8.38. The fraction of sp³-hybridized carbons (Fsp3) is 0.261. The summed E-state index contributed by atoms with van der Waals surface area (Å²) in [4.78, 5) is 37.4. The zero-order valence-corrected chi connectivity index (χ0v) is 18.0. The molecule has 0 radical (unpaired) electrons. The lowest BCUT2D eigenvalue weighted by molar-refractivity contribution is -0.137. The molecule has 2 aromatic carbocycles. The fourth-order valence-electron chi connectivity index (χ4n) is 2.65. The molecule has 1 unspecified atom stereocenters. The molecule has 0 saturated heterocycles. The maximum atomic E-state index is 12.7. The molecule has 0 spiro atoms. The molecule has 7 heteroatoms. The molecule has 158 valence electrons. The van der Waals surface area contributed by atoms with Crippen LogP contribution in [-0.2, 0) is 14.3 Å². The number of ketones is 1. The quantitative estimate of drug-likeness (QED) is 0.364. The van der Waals surface area contributed by atoms with E-state index in [2.05, 4.69) is 6.58 Å². The van der Waals surface area contributed by atoms with Gasteiger partial charge in [0.05, 0.1) is 18.1 Å². The summed E-state index contributed by atoms with van der Waals surface area (Å²) in [6, 6.07) is 12.4. The van der Waals surface area contributed by atoms with Gasteiger partial charge in [-0.05, 0) is 61.9 Å². The number of carbonyl (C=O) groups is 3. The van der Waals surface area contributed by atoms with Gasteiger partial charge in [0.15, 0.2) is 5.78 Å². The SMILES string of the molecule is C=C(OC(C)=O)C(C)C(=O)c1ccc(Sc2ccc(C(=O)OCCO)cc2)cc1C. The van der Waals surface area contributed by atoms with Crippen molar-refractivity contribution in [3.8, 4) is 0 Å². The van der Waals surface area contributed by atoms with Crippen LogP contribution in [0, 0.1) is 12.8 Å². The third-order valence-electron chi connectivity index (χ3n) is 4.26. The maximum absolute atomic E-state index is 12.7. The standard InChI is InChI=1S/C23H24O6S/c1-14-13-20(9-10-21(14)22(26)15(2)16(3)29-17(4)25)30-19-7-5-18(6-8-19)23(27)28-12-11-24/h5-10,13,15,24H,3,11-12H2,1-2,4H3. The maximum Gasteiger partial charge on any atom is 0.338 e. The Hall–Kier alpha value is -2.90. The third-order valence-corrected chi connectivity index (χ3v) is 5.26. The second-order valence-electron chi connectivity index (χ2n) is 6.61. The summed E-state index contributed by atoms with van der Waals surface area (Å²) < 4.78 is 9.82. The van der Waals surface area contributed by atoms with Crippen molar-refractivity contribution >= 4 is 29.5 Å². The molecule has 1 atom stereocenters. The fourth-order valence-corrected chi connectivity index (χ4v) is 3.56. The second-order valence-corrected chi connectivity index (χ2v) is 7.76. The number of hydrogen-bond donors (Lipinski definition) is 1. The first-order chi connectivity index (χ1) is 14.2. The highest BCUT2D eigenvalue weighted by Gasteiger charge is 2.22. The number of aliphatic hydroxyl groups excluding tert-OH is 1. The van der Waals surface area contributed by atoms with Crippen molar-refractivity contribution in [1.82, 2.24) is 0 Å². The summed E-state index contributed by atoms with van der Waals surface area (Å²) in [5, 5.41) is 8.71. The third kappa shape index (κ3) is 6.30. The van der Waals surface area contributed by atoms with E-state index in [1.807, 2.05) is 19.1 Å². The summed E-state index contributed by atoms with van der Waals surface area (Å²) in [6.07, 6.45) is 0. The van der Waals surface area contributed by atoms with Gasteiger partial charge in [-0.15, -0.1) is 0 Å². The van der Waals surface area contributed by atoms with Crippen LogP contribution < -0.4 is 0 Å². The molecule has 1 N–H and O–H groups in total. The summed E-state index contributed by atoms with van der Waals surface area (Å²) >= 11 is 1.49. The van der Waals surface area contributed by atoms with Gasteiger partial charge in [0.25, 0.3) is 0 Å². The first-order valence-electron chi connectivity index (χ1n) is 9.31. The number of hydrogen-bond acceptors (Lipinski definition) is 7. The molecule has 0 aliphatic carbocycles. The molecule has 0 amide bonds. The van der Waals surface area contributed by atoms with Crippen molar-refractivity contribution < 1.29 is 29.0 Å². The Morgan fingerprint density at radius 3 is 2.30 bits per heavy atom. The average Bonchev–Trinajstić information content (AvgIpc) is 2.71. The molecule has 0 saturated carbocycles. The summed E-state index contributed by atoms with van der Waals surface area (Å²) in [5.74, 6) is -1.66. The Balaban J connectivity index is 2.08. The van der Waals surface area contributed by atoms with Crippen LogP contribution in [0.25, 0.3) is 0 Å². The van der Waals surface area contributed by atoms with Crippen LogP contribution in [0.5, 0.6) is 0 Å². The molecule has 6 nitrogen and oxygen atoms in total. The predicted octanol–water partition coefficient (Wildman–Crippen LogP) is 4.19. The van der Waals surface area contributed by atoms with E-state index in [1.54, 1.807) is 37.3 Å². The highest BCUT2D eigenvalue weighted by Crippen LogP contribution is 2.30. The van der Waals surface area contributed by atoms with Gasteiger partial charge in [-0.1, -0.05) is 18.3 Å². The number of allylic oxidation sites excluding steroid dienone is 1. The van der Waals surface area contributed by atoms with Crippen molar-refractivity contribution in [2.75, 3.05) is 13.2 Å². The molecule has 30 heavy (non-hydrogen) atoms. The topological polar surface area (TPSA) is 89.9 Å². The highest BCUT2D eigenvalue weighted by atomic mass is 32.2. The minimum atomic E-state index is -0.635. The van der Waals surface area contributed by atoms with E-state index in [1.165, 1.54) is 18.7 Å². The van der Waals surface area contributed by atoms with Gasteiger partial charge in [-0.25, -0.2) is 4.79 Å². The van der Waals surface area contributed by atoms with Gasteiger partial charge in [-0.2, -0.15) is 0 Å². The lowest BCUT2D eigenvalue weighted by Crippen LogP contribution is -2.17. The van der Waals surface area contributed by atoms with Gasteiger partial charge < -0.3 is 14.6 Å². The van der Waals surface area contributed by atoms with Crippen molar-refractivity contribution in [2.45, 2.75) is 30.6 Å². The lowest BCUT2D eigenvalue weighted by Gasteiger charge is -2.15. The average molecular weight is 429 g/mol. The van der Waals surface area contributed by atoms with Crippen LogP contribution in [-0.4, -0.2) is 36.0 Å². The molecular formula is C23H24O6S. The number of benzene rings is 2. The monoisotopic (exact) mass is 428 g/mol. The van der Waals surface area contributed by atoms with E-state index in [0.717, 1.165) is 15.4 Å². The normalized spacial score (nSPS) is 11.5. The number of Topliss-reactive ketones (excluding diaryl/α,β-unsaturated/α-hetero) is 1. The number of rotatable bonds is 9. The van der Waals surface area contributed by atoms with Crippen molar-refractivity contribution in [3.05, 3.63) is 71.5 Å². The minimum Gasteiger partial charge on any atom is -0.460 e.